The van der Waals surface area contributed by atoms with Gasteiger partial charge >= 0.3 is 6.09 Å². The highest BCUT2D eigenvalue weighted by atomic mass is 35.5. The van der Waals surface area contributed by atoms with Crippen molar-refractivity contribution in [1.82, 2.24) is 14.9 Å². The molecule has 2 aromatic rings. The molecule has 2 N–H and O–H groups in total. The Hall–Kier alpha value is -2.54. The number of piperidine rings is 1. The summed E-state index contributed by atoms with van der Waals surface area (Å²) in [7, 11) is 0. The topological polar surface area (TPSA) is 79.4 Å². The van der Waals surface area contributed by atoms with Gasteiger partial charge in [0.25, 0.3) is 0 Å². The zero-order valence-electron chi connectivity index (χ0n) is 15.5. The lowest BCUT2D eigenvalue weighted by molar-refractivity contribution is 0.0983. The van der Waals surface area contributed by atoms with Gasteiger partial charge in [0.05, 0.1) is 6.61 Å². The van der Waals surface area contributed by atoms with E-state index in [0.29, 0.717) is 30.5 Å². The molecule has 7 nitrogen and oxygen atoms in total. The highest BCUT2D eigenvalue weighted by Crippen LogP contribution is 2.24. The lowest BCUT2D eigenvalue weighted by atomic mass is 10.1. The average Bonchev–Trinajstić information content (AvgIpc) is 2.65. The zero-order valence-corrected chi connectivity index (χ0v) is 16.3. The smallest absolute Gasteiger partial charge is 0.409 e. The predicted molar refractivity (Wildman–Crippen MR) is 107 cm³/mol. The molecule has 3 rings (SSSR count). The summed E-state index contributed by atoms with van der Waals surface area (Å²) in [5.74, 6) is 1.47. The van der Waals surface area contributed by atoms with Gasteiger partial charge in [-0.2, -0.15) is 0 Å². The first-order valence-corrected chi connectivity index (χ1v) is 9.46. The van der Waals surface area contributed by atoms with E-state index in [2.05, 4.69) is 20.6 Å². The Kier molecular flexibility index (Phi) is 6.34. The first kappa shape index (κ1) is 19.2. The van der Waals surface area contributed by atoms with Gasteiger partial charge in [0.1, 0.15) is 18.0 Å². The molecule has 1 amide bonds. The molecule has 1 aromatic heterocycles. The van der Waals surface area contributed by atoms with Gasteiger partial charge in [0.2, 0.25) is 0 Å². The van der Waals surface area contributed by atoms with Crippen molar-refractivity contribution < 1.29 is 9.53 Å². The maximum atomic E-state index is 11.8. The van der Waals surface area contributed by atoms with Crippen LogP contribution in [0.3, 0.4) is 0 Å². The van der Waals surface area contributed by atoms with E-state index >= 15 is 0 Å². The molecule has 2 heterocycles. The number of anilines is 3. The summed E-state index contributed by atoms with van der Waals surface area (Å²) in [4.78, 5) is 22.1. The molecular formula is C19H24ClN5O2. The van der Waals surface area contributed by atoms with E-state index in [0.717, 1.165) is 29.9 Å². The number of amides is 1. The van der Waals surface area contributed by atoms with Crippen LogP contribution in [0.2, 0.25) is 5.02 Å². The van der Waals surface area contributed by atoms with E-state index in [1.807, 2.05) is 38.1 Å². The summed E-state index contributed by atoms with van der Waals surface area (Å²) in [5, 5.41) is 7.43. The van der Waals surface area contributed by atoms with E-state index in [1.54, 1.807) is 4.90 Å². The molecule has 1 aliphatic rings. The number of carbonyl (C=O) groups is 1. The predicted octanol–water partition coefficient (Wildman–Crippen LogP) is 4.21. The van der Waals surface area contributed by atoms with Crippen molar-refractivity contribution in [3.8, 4) is 0 Å². The number of nitrogens with zero attached hydrogens (tertiary/aromatic N) is 3. The second-order valence-corrected chi connectivity index (χ2v) is 6.91. The van der Waals surface area contributed by atoms with Gasteiger partial charge in [-0.3, -0.25) is 0 Å². The SMILES string of the molecule is CCOC(=O)N1CCC(Nc2cc(Nc3ccc(Cl)cc3C)ncn2)CC1. The zero-order chi connectivity index (χ0) is 19.2. The van der Waals surface area contributed by atoms with Crippen LogP contribution in [-0.2, 0) is 4.74 Å². The van der Waals surface area contributed by atoms with Crippen LogP contribution in [0, 0.1) is 6.92 Å². The molecular weight excluding hydrogens is 366 g/mol. The first-order chi connectivity index (χ1) is 13.0. The second kappa shape index (κ2) is 8.90. The van der Waals surface area contributed by atoms with E-state index in [4.69, 9.17) is 16.3 Å². The highest BCUT2D eigenvalue weighted by Gasteiger charge is 2.23. The third kappa shape index (κ3) is 5.23. The number of ether oxygens (including phenoxy) is 1. The minimum Gasteiger partial charge on any atom is -0.450 e. The number of aryl methyl sites for hydroxylation is 1. The molecule has 0 aliphatic carbocycles. The fourth-order valence-corrected chi connectivity index (χ4v) is 3.27. The van der Waals surface area contributed by atoms with Crippen molar-refractivity contribution in [2.24, 2.45) is 0 Å². The molecule has 0 bridgehead atoms. The molecule has 0 unspecified atom stereocenters. The fourth-order valence-electron chi connectivity index (χ4n) is 3.04. The molecule has 0 atom stereocenters. The van der Waals surface area contributed by atoms with E-state index in [9.17, 15) is 4.79 Å². The van der Waals surface area contributed by atoms with Crippen molar-refractivity contribution in [2.45, 2.75) is 32.7 Å². The molecule has 144 valence electrons. The van der Waals surface area contributed by atoms with Gasteiger partial charge in [0, 0.05) is 35.9 Å². The van der Waals surface area contributed by atoms with Gasteiger partial charge in [-0.25, -0.2) is 14.8 Å². The van der Waals surface area contributed by atoms with Crippen molar-refractivity contribution in [3.63, 3.8) is 0 Å². The van der Waals surface area contributed by atoms with Gasteiger partial charge in [-0.05, 0) is 50.5 Å². The van der Waals surface area contributed by atoms with E-state index < -0.39 is 0 Å². The van der Waals surface area contributed by atoms with Crippen LogP contribution in [0.5, 0.6) is 0 Å². The molecule has 1 aliphatic heterocycles. The van der Waals surface area contributed by atoms with Crippen LogP contribution < -0.4 is 10.6 Å². The largest absolute Gasteiger partial charge is 0.450 e. The summed E-state index contributed by atoms with van der Waals surface area (Å²) in [6.07, 6.45) is 3.00. The minimum atomic E-state index is -0.234. The fraction of sp³-hybridized carbons (Fsp3) is 0.421. The molecule has 8 heteroatoms. The molecule has 1 aromatic carbocycles. The van der Waals surface area contributed by atoms with Crippen LogP contribution in [0.15, 0.2) is 30.6 Å². The maximum Gasteiger partial charge on any atom is 0.409 e. The molecule has 0 saturated carbocycles. The summed E-state index contributed by atoms with van der Waals surface area (Å²) in [6.45, 7) is 5.57. The molecule has 0 spiro atoms. The summed E-state index contributed by atoms with van der Waals surface area (Å²) in [5.41, 5.74) is 1.99. The number of hydrogen-bond donors (Lipinski definition) is 2. The van der Waals surface area contributed by atoms with Crippen LogP contribution in [0.25, 0.3) is 0 Å². The Labute approximate surface area is 164 Å². The number of carbonyl (C=O) groups excluding carboxylic acids is 1. The normalized spacial score (nSPS) is 14.7. The monoisotopic (exact) mass is 389 g/mol. The van der Waals surface area contributed by atoms with Gasteiger partial charge in [-0.1, -0.05) is 11.6 Å². The van der Waals surface area contributed by atoms with Crippen LogP contribution in [-0.4, -0.2) is 46.7 Å². The Balaban J connectivity index is 1.57. The summed E-state index contributed by atoms with van der Waals surface area (Å²) in [6, 6.07) is 7.82. The summed E-state index contributed by atoms with van der Waals surface area (Å²) < 4.78 is 5.05. The van der Waals surface area contributed by atoms with Gasteiger partial charge < -0.3 is 20.3 Å². The highest BCUT2D eigenvalue weighted by molar-refractivity contribution is 6.30. The third-order valence-corrected chi connectivity index (χ3v) is 4.73. The maximum absolute atomic E-state index is 11.8. The number of benzene rings is 1. The van der Waals surface area contributed by atoms with E-state index in [1.165, 1.54) is 6.33 Å². The van der Waals surface area contributed by atoms with Crippen molar-refractivity contribution in [2.75, 3.05) is 30.3 Å². The molecule has 27 heavy (non-hydrogen) atoms. The van der Waals surface area contributed by atoms with Crippen LogP contribution >= 0.6 is 11.6 Å². The summed E-state index contributed by atoms with van der Waals surface area (Å²) >= 11 is 6.01. The average molecular weight is 390 g/mol. The first-order valence-electron chi connectivity index (χ1n) is 9.08. The lowest BCUT2D eigenvalue weighted by Gasteiger charge is -2.31. The Bertz CT molecular complexity index is 793. The number of rotatable bonds is 5. The Morgan fingerprint density at radius 3 is 2.70 bits per heavy atom. The number of halogens is 1. The minimum absolute atomic E-state index is 0.234. The lowest BCUT2D eigenvalue weighted by Crippen LogP contribution is -2.42. The Morgan fingerprint density at radius 1 is 1.26 bits per heavy atom. The van der Waals surface area contributed by atoms with Crippen molar-refractivity contribution in [1.29, 1.82) is 0 Å². The second-order valence-electron chi connectivity index (χ2n) is 6.48. The van der Waals surface area contributed by atoms with Gasteiger partial charge in [-0.15, -0.1) is 0 Å². The van der Waals surface area contributed by atoms with E-state index in [-0.39, 0.29) is 12.1 Å². The Morgan fingerprint density at radius 2 is 2.00 bits per heavy atom. The van der Waals surface area contributed by atoms with Crippen LogP contribution in [0.4, 0.5) is 22.1 Å². The van der Waals surface area contributed by atoms with Crippen molar-refractivity contribution in [3.05, 3.63) is 41.2 Å². The third-order valence-electron chi connectivity index (χ3n) is 4.49. The molecule has 1 saturated heterocycles. The number of aromatic nitrogens is 2. The molecule has 0 radical (unpaired) electrons. The number of hydrogen-bond acceptors (Lipinski definition) is 6. The van der Waals surface area contributed by atoms with Crippen LogP contribution in [0.1, 0.15) is 25.3 Å². The van der Waals surface area contributed by atoms with Gasteiger partial charge in [0.15, 0.2) is 0 Å². The molecule has 1 fully saturated rings. The quantitative estimate of drug-likeness (QED) is 0.797. The number of likely N-dealkylation sites (tertiary alicyclic amines) is 1. The number of nitrogens with one attached hydrogen (secondary N) is 2. The standard InChI is InChI=1S/C19H24ClN5O2/c1-3-27-19(26)25-8-6-15(7-9-25)23-17-11-18(22-12-21-17)24-16-5-4-14(20)10-13(16)2/h4-5,10-12,15H,3,6-9H2,1-2H3,(H2,21,22,23,24). The van der Waals surface area contributed by atoms with Crippen molar-refractivity contribution >= 4 is 35.0 Å².